The van der Waals surface area contributed by atoms with E-state index in [2.05, 4.69) is 10.4 Å². The van der Waals surface area contributed by atoms with Crippen LogP contribution in [-0.4, -0.2) is 33.9 Å². The Morgan fingerprint density at radius 1 is 1.48 bits per heavy atom. The Morgan fingerprint density at radius 2 is 2.17 bits per heavy atom. The molecule has 1 aromatic heterocycles. The number of ether oxygens (including phenoxy) is 1. The summed E-state index contributed by atoms with van der Waals surface area (Å²) >= 11 is 0. The lowest BCUT2D eigenvalue weighted by molar-refractivity contribution is -0.225. The lowest BCUT2D eigenvalue weighted by atomic mass is 9.46. The van der Waals surface area contributed by atoms with Gasteiger partial charge in [-0.05, 0) is 26.7 Å². The van der Waals surface area contributed by atoms with Gasteiger partial charge in [-0.25, -0.2) is 0 Å². The van der Waals surface area contributed by atoms with Crippen molar-refractivity contribution in [2.45, 2.75) is 58.7 Å². The molecule has 0 bridgehead atoms. The minimum atomic E-state index is -0.859. The van der Waals surface area contributed by atoms with Crippen molar-refractivity contribution in [2.24, 2.45) is 24.1 Å². The van der Waals surface area contributed by atoms with E-state index in [9.17, 15) is 4.79 Å². The number of hydrogen-bond donors (Lipinski definition) is 2. The molecule has 3 atom stereocenters. The lowest BCUT2D eigenvalue weighted by Crippen LogP contribution is -2.82. The summed E-state index contributed by atoms with van der Waals surface area (Å²) in [4.78, 5) is 12.9. The average molecular weight is 320 g/mol. The first-order chi connectivity index (χ1) is 10.7. The van der Waals surface area contributed by atoms with Crippen LogP contribution in [0.15, 0.2) is 0 Å². The maximum atomic E-state index is 12.9. The van der Waals surface area contributed by atoms with Crippen molar-refractivity contribution in [3.05, 3.63) is 17.0 Å². The SMILES string of the molecule is Cc1nn(C)c(C)c1CNC(=O)C1(N)C2CCCOC2C1(C)C. The summed E-state index contributed by atoms with van der Waals surface area (Å²) in [6, 6.07) is 0. The molecule has 0 radical (unpaired) electrons. The molecule has 128 valence electrons. The molecule has 0 aromatic carbocycles. The van der Waals surface area contributed by atoms with Crippen molar-refractivity contribution >= 4 is 5.91 Å². The second kappa shape index (κ2) is 5.31. The zero-order valence-electron chi connectivity index (χ0n) is 14.8. The van der Waals surface area contributed by atoms with Gasteiger partial charge < -0.3 is 15.8 Å². The Balaban J connectivity index is 1.75. The molecule has 0 spiro atoms. The summed E-state index contributed by atoms with van der Waals surface area (Å²) in [6.07, 6.45) is 2.03. The van der Waals surface area contributed by atoms with Crippen molar-refractivity contribution in [3.63, 3.8) is 0 Å². The fourth-order valence-electron chi connectivity index (χ4n) is 4.43. The zero-order chi connectivity index (χ0) is 17.0. The van der Waals surface area contributed by atoms with Gasteiger partial charge in [0.05, 0.1) is 11.8 Å². The Morgan fingerprint density at radius 3 is 2.78 bits per heavy atom. The predicted molar refractivity (Wildman–Crippen MR) is 87.7 cm³/mol. The highest BCUT2D eigenvalue weighted by molar-refractivity contribution is 5.89. The first-order valence-corrected chi connectivity index (χ1v) is 8.39. The van der Waals surface area contributed by atoms with Crippen molar-refractivity contribution < 1.29 is 9.53 Å². The second-order valence-electron chi connectivity index (χ2n) is 7.59. The van der Waals surface area contributed by atoms with E-state index in [1.165, 1.54) is 0 Å². The number of amides is 1. The molecule has 1 aliphatic heterocycles. The van der Waals surface area contributed by atoms with Gasteiger partial charge in [-0.15, -0.1) is 0 Å². The van der Waals surface area contributed by atoms with E-state index in [-0.39, 0.29) is 23.3 Å². The first-order valence-electron chi connectivity index (χ1n) is 8.39. The van der Waals surface area contributed by atoms with Crippen LogP contribution in [0, 0.1) is 25.2 Å². The third kappa shape index (κ3) is 2.15. The molecule has 3 unspecified atom stereocenters. The van der Waals surface area contributed by atoms with Gasteiger partial charge in [0.2, 0.25) is 5.91 Å². The van der Waals surface area contributed by atoms with Crippen LogP contribution < -0.4 is 11.1 Å². The highest BCUT2D eigenvalue weighted by Gasteiger charge is 2.70. The third-order valence-electron chi connectivity index (χ3n) is 6.14. The Kier molecular flexibility index (Phi) is 3.80. The van der Waals surface area contributed by atoms with Crippen LogP contribution in [-0.2, 0) is 23.1 Å². The molecule has 6 heteroatoms. The predicted octanol–water partition coefficient (Wildman–Crippen LogP) is 1.19. The monoisotopic (exact) mass is 320 g/mol. The maximum absolute atomic E-state index is 12.9. The van der Waals surface area contributed by atoms with Crippen molar-refractivity contribution in [2.75, 3.05) is 6.61 Å². The van der Waals surface area contributed by atoms with Gasteiger partial charge in [-0.3, -0.25) is 9.48 Å². The highest BCUT2D eigenvalue weighted by atomic mass is 16.5. The number of nitrogens with two attached hydrogens (primary N) is 1. The van der Waals surface area contributed by atoms with Crippen LogP contribution in [0.25, 0.3) is 0 Å². The molecule has 1 aliphatic carbocycles. The first kappa shape index (κ1) is 16.5. The molecule has 2 heterocycles. The van der Waals surface area contributed by atoms with E-state index < -0.39 is 5.54 Å². The number of carbonyl (C=O) groups is 1. The molecule has 1 saturated heterocycles. The molecule has 1 aromatic rings. The second-order valence-corrected chi connectivity index (χ2v) is 7.59. The molecule has 1 amide bonds. The molecule has 2 fully saturated rings. The molecule has 3 N–H and O–H groups in total. The molecule has 23 heavy (non-hydrogen) atoms. The molecule has 2 aliphatic rings. The molecule has 1 saturated carbocycles. The number of rotatable bonds is 3. The van der Waals surface area contributed by atoms with Crippen LogP contribution in [0.4, 0.5) is 0 Å². The highest BCUT2D eigenvalue weighted by Crippen LogP contribution is 2.57. The fraction of sp³-hybridized carbons (Fsp3) is 0.765. The van der Waals surface area contributed by atoms with Gasteiger partial charge in [-0.1, -0.05) is 13.8 Å². The summed E-state index contributed by atoms with van der Waals surface area (Å²) in [7, 11) is 1.91. The molecule has 3 rings (SSSR count). The maximum Gasteiger partial charge on any atom is 0.241 e. The number of aryl methyl sites for hydroxylation is 2. The van der Waals surface area contributed by atoms with E-state index >= 15 is 0 Å². The Labute approximate surface area is 137 Å². The van der Waals surface area contributed by atoms with Gasteiger partial charge in [0.1, 0.15) is 5.54 Å². The van der Waals surface area contributed by atoms with Gasteiger partial charge in [0, 0.05) is 42.8 Å². The number of nitrogens with one attached hydrogen (secondary N) is 1. The number of aromatic nitrogens is 2. The largest absolute Gasteiger partial charge is 0.377 e. The standard InChI is InChI=1S/C17H28N4O2/c1-10-12(11(2)21(5)20-10)9-19-15(22)17(18)13-7-6-8-23-14(13)16(17,3)4/h13-14H,6-9,18H2,1-5H3,(H,19,22). The van der Waals surface area contributed by atoms with E-state index in [0.29, 0.717) is 6.54 Å². The van der Waals surface area contributed by atoms with Gasteiger partial charge >= 0.3 is 0 Å². The van der Waals surface area contributed by atoms with Crippen molar-refractivity contribution in [1.82, 2.24) is 15.1 Å². The zero-order valence-corrected chi connectivity index (χ0v) is 14.8. The molecule has 6 nitrogen and oxygen atoms in total. The van der Waals surface area contributed by atoms with Crippen LogP contribution in [0.2, 0.25) is 0 Å². The molecular formula is C17H28N4O2. The molecular weight excluding hydrogens is 292 g/mol. The minimum absolute atomic E-state index is 0.0723. The quantitative estimate of drug-likeness (QED) is 0.876. The van der Waals surface area contributed by atoms with E-state index in [4.69, 9.17) is 10.5 Å². The Hall–Kier alpha value is -1.40. The minimum Gasteiger partial charge on any atom is -0.377 e. The number of fused-ring (bicyclic) bond motifs is 1. The average Bonchev–Trinajstić information content (AvgIpc) is 2.77. The lowest BCUT2D eigenvalue weighted by Gasteiger charge is -2.65. The van der Waals surface area contributed by atoms with E-state index in [1.54, 1.807) is 0 Å². The van der Waals surface area contributed by atoms with E-state index in [0.717, 1.165) is 36.4 Å². The summed E-state index contributed by atoms with van der Waals surface area (Å²) in [5.74, 6) is 0.0410. The summed E-state index contributed by atoms with van der Waals surface area (Å²) in [6.45, 7) is 9.30. The summed E-state index contributed by atoms with van der Waals surface area (Å²) in [5, 5.41) is 7.45. The fourth-order valence-corrected chi connectivity index (χ4v) is 4.43. The Bertz CT molecular complexity index is 637. The van der Waals surface area contributed by atoms with Crippen molar-refractivity contribution in [1.29, 1.82) is 0 Å². The van der Waals surface area contributed by atoms with Crippen LogP contribution >= 0.6 is 0 Å². The number of nitrogens with zero attached hydrogens (tertiary/aromatic N) is 2. The number of hydrogen-bond acceptors (Lipinski definition) is 4. The third-order valence-corrected chi connectivity index (χ3v) is 6.14. The van der Waals surface area contributed by atoms with Crippen molar-refractivity contribution in [3.8, 4) is 0 Å². The van der Waals surface area contributed by atoms with Gasteiger partial charge in [0.25, 0.3) is 0 Å². The topological polar surface area (TPSA) is 82.2 Å². The van der Waals surface area contributed by atoms with Gasteiger partial charge in [0.15, 0.2) is 0 Å². The van der Waals surface area contributed by atoms with Gasteiger partial charge in [-0.2, -0.15) is 5.10 Å². The smallest absolute Gasteiger partial charge is 0.241 e. The summed E-state index contributed by atoms with van der Waals surface area (Å²) in [5.41, 5.74) is 8.49. The van der Waals surface area contributed by atoms with Crippen LogP contribution in [0.3, 0.4) is 0 Å². The van der Waals surface area contributed by atoms with E-state index in [1.807, 2.05) is 39.4 Å². The summed E-state index contributed by atoms with van der Waals surface area (Å²) < 4.78 is 7.71. The van der Waals surface area contributed by atoms with Crippen LogP contribution in [0.1, 0.15) is 43.6 Å². The van der Waals surface area contributed by atoms with Crippen LogP contribution in [0.5, 0.6) is 0 Å². The number of carbonyl (C=O) groups excluding carboxylic acids is 1. The normalized spacial score (nSPS) is 32.1.